The largest absolute Gasteiger partial charge is 0.433 e. The zero-order chi connectivity index (χ0) is 23.9. The second-order valence-corrected chi connectivity index (χ2v) is 9.08. The smallest absolute Gasteiger partial charge is 0.347 e. The molecule has 0 aliphatic heterocycles. The Morgan fingerprint density at radius 3 is 2.35 bits per heavy atom. The number of pyridine rings is 1. The van der Waals surface area contributed by atoms with Gasteiger partial charge in [0.2, 0.25) is 5.95 Å². The van der Waals surface area contributed by atoms with Crippen molar-refractivity contribution in [3.63, 3.8) is 0 Å². The molecule has 2 aliphatic rings. The van der Waals surface area contributed by atoms with Crippen LogP contribution in [0.4, 0.5) is 24.8 Å². The number of carbonyl (C=O) groups excluding carboxylic acids is 1. The number of alkyl halides is 3. The number of nitrogens with zero attached hydrogens (tertiary/aromatic N) is 3. The Morgan fingerprint density at radius 1 is 1.00 bits per heavy atom. The van der Waals surface area contributed by atoms with Crippen molar-refractivity contribution in [2.75, 3.05) is 5.32 Å². The maximum atomic E-state index is 12.9. The van der Waals surface area contributed by atoms with Gasteiger partial charge in [-0.3, -0.25) is 9.78 Å². The van der Waals surface area contributed by atoms with E-state index in [1.165, 1.54) is 25.7 Å². The molecule has 176 valence electrons. The van der Waals surface area contributed by atoms with Gasteiger partial charge < -0.3 is 10.6 Å². The van der Waals surface area contributed by atoms with E-state index in [2.05, 4.69) is 25.6 Å². The van der Waals surface area contributed by atoms with E-state index in [4.69, 9.17) is 0 Å². The van der Waals surface area contributed by atoms with Crippen LogP contribution in [0.1, 0.15) is 47.4 Å². The molecule has 1 amide bonds. The van der Waals surface area contributed by atoms with Crippen LogP contribution in [0.15, 0.2) is 48.8 Å². The van der Waals surface area contributed by atoms with Crippen LogP contribution in [0, 0.1) is 18.8 Å². The molecule has 6 nitrogen and oxygen atoms in total. The number of hydrogen-bond acceptors (Lipinski definition) is 5. The number of benzene rings is 1. The van der Waals surface area contributed by atoms with Gasteiger partial charge in [0.05, 0.1) is 0 Å². The summed E-state index contributed by atoms with van der Waals surface area (Å²) in [5.74, 6) is 0.922. The summed E-state index contributed by atoms with van der Waals surface area (Å²) in [6.07, 6.45) is 2.89. The molecule has 2 aliphatic carbocycles. The fourth-order valence-electron chi connectivity index (χ4n) is 4.18. The lowest BCUT2D eigenvalue weighted by Gasteiger charge is -2.17. The van der Waals surface area contributed by atoms with Crippen molar-refractivity contribution >= 4 is 17.5 Å². The average Bonchev–Trinajstić information content (AvgIpc) is 3.71. The van der Waals surface area contributed by atoms with Crippen molar-refractivity contribution < 1.29 is 18.0 Å². The van der Waals surface area contributed by atoms with E-state index in [1.807, 2.05) is 19.1 Å². The highest BCUT2D eigenvalue weighted by Crippen LogP contribution is 2.44. The van der Waals surface area contributed by atoms with Crippen molar-refractivity contribution in [3.8, 4) is 11.1 Å². The van der Waals surface area contributed by atoms with Crippen LogP contribution in [-0.2, 0) is 6.18 Å². The van der Waals surface area contributed by atoms with E-state index in [1.54, 1.807) is 24.4 Å². The molecule has 0 saturated heterocycles. The molecule has 0 radical (unpaired) electrons. The number of hydrogen-bond donors (Lipinski definition) is 2. The number of halogens is 3. The molecule has 34 heavy (non-hydrogen) atoms. The molecule has 0 unspecified atom stereocenters. The third kappa shape index (κ3) is 5.18. The Hall–Kier alpha value is -3.49. The van der Waals surface area contributed by atoms with Crippen molar-refractivity contribution in [2.24, 2.45) is 11.8 Å². The molecule has 3 aromatic rings. The lowest BCUT2D eigenvalue weighted by atomic mass is 10.0. The highest BCUT2D eigenvalue weighted by molar-refractivity contribution is 5.93. The molecule has 2 fully saturated rings. The van der Waals surface area contributed by atoms with Crippen LogP contribution in [0.2, 0.25) is 0 Å². The van der Waals surface area contributed by atoms with Gasteiger partial charge in [0.1, 0.15) is 11.4 Å². The van der Waals surface area contributed by atoms with E-state index < -0.39 is 11.9 Å². The van der Waals surface area contributed by atoms with Crippen LogP contribution in [-0.4, -0.2) is 26.9 Å². The summed E-state index contributed by atoms with van der Waals surface area (Å²) < 4.78 is 38.8. The maximum Gasteiger partial charge on any atom is 0.433 e. The minimum absolute atomic E-state index is 0.141. The highest BCUT2D eigenvalue weighted by Gasteiger charge is 2.42. The van der Waals surface area contributed by atoms with Gasteiger partial charge in [-0.2, -0.15) is 13.2 Å². The average molecular weight is 467 g/mol. The summed E-state index contributed by atoms with van der Waals surface area (Å²) >= 11 is 0. The van der Waals surface area contributed by atoms with E-state index in [0.717, 1.165) is 29.0 Å². The lowest BCUT2D eigenvalue weighted by Crippen LogP contribution is -2.38. The van der Waals surface area contributed by atoms with Gasteiger partial charge in [0.25, 0.3) is 5.91 Å². The number of amides is 1. The minimum atomic E-state index is -4.55. The number of aryl methyl sites for hydroxylation is 1. The summed E-state index contributed by atoms with van der Waals surface area (Å²) in [4.78, 5) is 24.5. The van der Waals surface area contributed by atoms with Gasteiger partial charge in [0, 0.05) is 29.7 Å². The summed E-state index contributed by atoms with van der Waals surface area (Å²) in [5.41, 5.74) is 2.40. The van der Waals surface area contributed by atoms with Crippen LogP contribution < -0.4 is 10.6 Å². The molecule has 2 heterocycles. The molecule has 0 bridgehead atoms. The fourth-order valence-corrected chi connectivity index (χ4v) is 4.18. The topological polar surface area (TPSA) is 79.8 Å². The SMILES string of the molecule is Cc1cc(Nc2nccc(C(F)(F)F)n2)cc(-c2ccc(C(=O)NC(C3CC3)C3CC3)nc2)c1. The molecule has 0 atom stereocenters. The third-order valence-electron chi connectivity index (χ3n) is 6.17. The van der Waals surface area contributed by atoms with Crippen molar-refractivity contribution in [2.45, 2.75) is 44.8 Å². The zero-order valence-corrected chi connectivity index (χ0v) is 18.6. The maximum absolute atomic E-state index is 12.9. The van der Waals surface area contributed by atoms with Gasteiger partial charge >= 0.3 is 6.18 Å². The van der Waals surface area contributed by atoms with Crippen LogP contribution in [0.5, 0.6) is 0 Å². The first-order chi connectivity index (χ1) is 16.3. The first kappa shape index (κ1) is 22.3. The van der Waals surface area contributed by atoms with Gasteiger partial charge in [-0.1, -0.05) is 12.1 Å². The zero-order valence-electron chi connectivity index (χ0n) is 18.6. The number of rotatable bonds is 7. The molecular formula is C25H24F3N5O. The first-order valence-corrected chi connectivity index (χ1v) is 11.3. The molecule has 5 rings (SSSR count). The predicted octanol–water partition coefficient (Wildman–Crippen LogP) is 5.53. The lowest BCUT2D eigenvalue weighted by molar-refractivity contribution is -0.141. The predicted molar refractivity (Wildman–Crippen MR) is 121 cm³/mol. The molecule has 2 N–H and O–H groups in total. The van der Waals surface area contributed by atoms with Crippen molar-refractivity contribution in [1.29, 1.82) is 0 Å². The van der Waals surface area contributed by atoms with Gasteiger partial charge in [-0.05, 0) is 79.8 Å². The summed E-state index contributed by atoms with van der Waals surface area (Å²) in [5, 5.41) is 6.02. The summed E-state index contributed by atoms with van der Waals surface area (Å²) in [6.45, 7) is 1.88. The molecule has 2 saturated carbocycles. The molecule has 1 aromatic carbocycles. The Labute approximate surface area is 195 Å². The van der Waals surface area contributed by atoms with E-state index in [9.17, 15) is 18.0 Å². The minimum Gasteiger partial charge on any atom is -0.347 e. The number of aromatic nitrogens is 3. The van der Waals surface area contributed by atoms with Gasteiger partial charge in [-0.15, -0.1) is 0 Å². The van der Waals surface area contributed by atoms with E-state index in [-0.39, 0.29) is 17.9 Å². The standard InChI is InChI=1S/C25H24F3N5O/c1-14-10-18(12-19(11-14)31-24-29-9-8-21(32-24)25(26,27)28)17-6-7-20(30-13-17)23(34)33-22(15-2-3-15)16-4-5-16/h6-13,15-16,22H,2-5H2,1H3,(H,33,34)(H,29,31,32). The Kier molecular flexibility index (Phi) is 5.71. The van der Waals surface area contributed by atoms with E-state index in [0.29, 0.717) is 23.2 Å². The Balaban J connectivity index is 1.31. The van der Waals surface area contributed by atoms with Crippen LogP contribution in [0.3, 0.4) is 0 Å². The fraction of sp³-hybridized carbons (Fsp3) is 0.360. The second-order valence-electron chi connectivity index (χ2n) is 9.08. The Morgan fingerprint density at radius 2 is 1.74 bits per heavy atom. The van der Waals surface area contributed by atoms with Crippen molar-refractivity contribution in [1.82, 2.24) is 20.3 Å². The first-order valence-electron chi connectivity index (χ1n) is 11.3. The normalized spacial score (nSPS) is 15.9. The molecule has 2 aromatic heterocycles. The number of carbonyl (C=O) groups is 1. The summed E-state index contributed by atoms with van der Waals surface area (Å²) in [6, 6.07) is 10.1. The second kappa shape index (κ2) is 8.70. The quantitative estimate of drug-likeness (QED) is 0.478. The summed E-state index contributed by atoms with van der Waals surface area (Å²) in [7, 11) is 0. The number of anilines is 2. The van der Waals surface area contributed by atoms with Crippen LogP contribution in [0.25, 0.3) is 11.1 Å². The van der Waals surface area contributed by atoms with Crippen LogP contribution >= 0.6 is 0 Å². The van der Waals surface area contributed by atoms with Crippen molar-refractivity contribution in [3.05, 3.63) is 65.7 Å². The molecule has 0 spiro atoms. The third-order valence-corrected chi connectivity index (χ3v) is 6.17. The monoisotopic (exact) mass is 467 g/mol. The van der Waals surface area contributed by atoms with Gasteiger partial charge in [-0.25, -0.2) is 9.97 Å². The molecule has 9 heteroatoms. The molecular weight excluding hydrogens is 443 g/mol. The van der Waals surface area contributed by atoms with E-state index >= 15 is 0 Å². The highest BCUT2D eigenvalue weighted by atomic mass is 19.4. The number of nitrogens with one attached hydrogen (secondary N) is 2. The Bertz CT molecular complexity index is 1190. The van der Waals surface area contributed by atoms with Gasteiger partial charge in [0.15, 0.2) is 0 Å².